The molecule has 0 radical (unpaired) electrons. The Kier molecular flexibility index (Phi) is 3.09. The highest BCUT2D eigenvalue weighted by atomic mass is 16.6. The van der Waals surface area contributed by atoms with E-state index in [-0.39, 0.29) is 5.97 Å². The van der Waals surface area contributed by atoms with Crippen LogP contribution in [0.1, 0.15) is 33.1 Å². The Morgan fingerprint density at radius 2 is 2.25 bits per heavy atom. The normalized spacial score (nSPS) is 26.8. The Morgan fingerprint density at radius 1 is 1.58 bits per heavy atom. The van der Waals surface area contributed by atoms with Gasteiger partial charge in [-0.05, 0) is 12.8 Å². The van der Waals surface area contributed by atoms with E-state index in [1.54, 1.807) is 0 Å². The third-order valence-corrected chi connectivity index (χ3v) is 2.17. The van der Waals surface area contributed by atoms with E-state index in [4.69, 9.17) is 9.47 Å². The summed E-state index contributed by atoms with van der Waals surface area (Å²) in [6, 6.07) is 0. The molecule has 0 aromatic rings. The lowest BCUT2D eigenvalue weighted by molar-refractivity contribution is -0.150. The van der Waals surface area contributed by atoms with E-state index in [2.05, 4.69) is 6.92 Å². The number of unbranched alkanes of at least 4 members (excludes halogenated alkanes) is 1. The quantitative estimate of drug-likeness (QED) is 0.358. The molecule has 1 atom stereocenters. The highest BCUT2D eigenvalue weighted by Crippen LogP contribution is 2.31. The molecule has 1 fully saturated rings. The molecule has 1 heterocycles. The summed E-state index contributed by atoms with van der Waals surface area (Å²) in [7, 11) is 0. The van der Waals surface area contributed by atoms with Gasteiger partial charge in [0.1, 0.15) is 0 Å². The van der Waals surface area contributed by atoms with Crippen LogP contribution in [0.4, 0.5) is 0 Å². The van der Waals surface area contributed by atoms with Crippen molar-refractivity contribution in [1.29, 1.82) is 0 Å². The fraction of sp³-hybridized carbons (Fsp3) is 0.889. The Bertz CT molecular complexity index is 161. The van der Waals surface area contributed by atoms with Crippen molar-refractivity contribution >= 4 is 5.97 Å². The van der Waals surface area contributed by atoms with Crippen molar-refractivity contribution in [2.45, 2.75) is 38.7 Å². The molecule has 1 aliphatic heterocycles. The summed E-state index contributed by atoms with van der Waals surface area (Å²) in [6.45, 7) is 5.07. The fourth-order valence-corrected chi connectivity index (χ4v) is 0.994. The average molecular weight is 172 g/mol. The van der Waals surface area contributed by atoms with E-state index in [9.17, 15) is 4.79 Å². The second-order valence-electron chi connectivity index (χ2n) is 3.13. The van der Waals surface area contributed by atoms with Crippen LogP contribution in [0.3, 0.4) is 0 Å². The number of epoxide rings is 1. The molecule has 12 heavy (non-hydrogen) atoms. The van der Waals surface area contributed by atoms with Gasteiger partial charge in [-0.25, -0.2) is 4.79 Å². The standard InChI is InChI=1S/C9H16O3/c1-3-5-6-11-8(10)9(4-2)7-12-9/h3-7H2,1-2H3. The van der Waals surface area contributed by atoms with E-state index in [1.165, 1.54) is 0 Å². The van der Waals surface area contributed by atoms with Gasteiger partial charge in [0, 0.05) is 0 Å². The molecule has 1 aliphatic rings. The second-order valence-corrected chi connectivity index (χ2v) is 3.13. The van der Waals surface area contributed by atoms with Crippen molar-refractivity contribution in [1.82, 2.24) is 0 Å². The van der Waals surface area contributed by atoms with Crippen LogP contribution in [0.5, 0.6) is 0 Å². The number of hydrogen-bond acceptors (Lipinski definition) is 3. The lowest BCUT2D eigenvalue weighted by Crippen LogP contribution is -2.26. The molecule has 3 nitrogen and oxygen atoms in total. The molecule has 0 aromatic carbocycles. The summed E-state index contributed by atoms with van der Waals surface area (Å²) in [5.74, 6) is -0.182. The first-order chi connectivity index (χ1) is 5.75. The minimum absolute atomic E-state index is 0.182. The molecule has 0 spiro atoms. The summed E-state index contributed by atoms with van der Waals surface area (Å²) in [5, 5.41) is 0. The van der Waals surface area contributed by atoms with Gasteiger partial charge in [0.25, 0.3) is 0 Å². The van der Waals surface area contributed by atoms with Crippen LogP contribution >= 0.6 is 0 Å². The Morgan fingerprint density at radius 3 is 2.67 bits per heavy atom. The molecule has 0 saturated carbocycles. The van der Waals surface area contributed by atoms with Crippen LogP contribution in [-0.2, 0) is 14.3 Å². The molecular weight excluding hydrogens is 156 g/mol. The van der Waals surface area contributed by atoms with Gasteiger partial charge >= 0.3 is 5.97 Å². The summed E-state index contributed by atoms with van der Waals surface area (Å²) in [5.41, 5.74) is -0.562. The molecule has 70 valence electrons. The Balaban J connectivity index is 2.20. The zero-order chi connectivity index (χ0) is 9.03. The summed E-state index contributed by atoms with van der Waals surface area (Å²) < 4.78 is 10.1. The van der Waals surface area contributed by atoms with Crippen LogP contribution < -0.4 is 0 Å². The predicted octanol–water partition coefficient (Wildman–Crippen LogP) is 1.51. The highest BCUT2D eigenvalue weighted by molar-refractivity contribution is 5.82. The maximum Gasteiger partial charge on any atom is 0.340 e. The molecule has 0 aliphatic carbocycles. The van der Waals surface area contributed by atoms with E-state index in [0.29, 0.717) is 13.2 Å². The molecule has 1 saturated heterocycles. The molecule has 0 N–H and O–H groups in total. The number of rotatable bonds is 5. The maximum atomic E-state index is 11.3. The number of esters is 1. The predicted molar refractivity (Wildman–Crippen MR) is 44.8 cm³/mol. The molecule has 0 bridgehead atoms. The van der Waals surface area contributed by atoms with Crippen LogP contribution in [0.2, 0.25) is 0 Å². The zero-order valence-corrected chi connectivity index (χ0v) is 7.76. The number of carbonyl (C=O) groups is 1. The number of hydrogen-bond donors (Lipinski definition) is 0. The third-order valence-electron chi connectivity index (χ3n) is 2.17. The van der Waals surface area contributed by atoms with Gasteiger partial charge in [0.2, 0.25) is 0 Å². The number of carbonyl (C=O) groups excluding carboxylic acids is 1. The Labute approximate surface area is 73.0 Å². The van der Waals surface area contributed by atoms with E-state index in [0.717, 1.165) is 19.3 Å². The van der Waals surface area contributed by atoms with Crippen molar-refractivity contribution in [3.8, 4) is 0 Å². The van der Waals surface area contributed by atoms with Crippen LogP contribution in [0.15, 0.2) is 0 Å². The smallest absolute Gasteiger partial charge is 0.340 e. The minimum atomic E-state index is -0.562. The van der Waals surface area contributed by atoms with Gasteiger partial charge in [-0.15, -0.1) is 0 Å². The molecule has 0 amide bonds. The lowest BCUT2D eigenvalue weighted by atomic mass is 10.1. The highest BCUT2D eigenvalue weighted by Gasteiger charge is 2.52. The van der Waals surface area contributed by atoms with E-state index < -0.39 is 5.60 Å². The van der Waals surface area contributed by atoms with Gasteiger partial charge in [0.15, 0.2) is 5.60 Å². The van der Waals surface area contributed by atoms with Gasteiger partial charge in [-0.1, -0.05) is 20.3 Å². The minimum Gasteiger partial charge on any atom is -0.463 e. The van der Waals surface area contributed by atoms with E-state index >= 15 is 0 Å². The lowest BCUT2D eigenvalue weighted by Gasteiger charge is -2.08. The van der Waals surface area contributed by atoms with Crippen molar-refractivity contribution in [3.05, 3.63) is 0 Å². The first-order valence-corrected chi connectivity index (χ1v) is 4.56. The maximum absolute atomic E-state index is 11.3. The largest absolute Gasteiger partial charge is 0.463 e. The van der Waals surface area contributed by atoms with Gasteiger partial charge < -0.3 is 9.47 Å². The monoisotopic (exact) mass is 172 g/mol. The summed E-state index contributed by atoms with van der Waals surface area (Å²) >= 11 is 0. The second kappa shape index (κ2) is 3.90. The molecular formula is C9H16O3. The topological polar surface area (TPSA) is 38.8 Å². The molecule has 0 aromatic heterocycles. The third kappa shape index (κ3) is 1.97. The summed E-state index contributed by atoms with van der Waals surface area (Å²) in [6.07, 6.45) is 2.71. The van der Waals surface area contributed by atoms with Crippen LogP contribution in [0, 0.1) is 0 Å². The summed E-state index contributed by atoms with van der Waals surface area (Å²) in [4.78, 5) is 11.3. The van der Waals surface area contributed by atoms with Crippen LogP contribution in [0.25, 0.3) is 0 Å². The van der Waals surface area contributed by atoms with Crippen molar-refractivity contribution in [2.75, 3.05) is 13.2 Å². The first kappa shape index (κ1) is 9.52. The van der Waals surface area contributed by atoms with Crippen molar-refractivity contribution in [2.24, 2.45) is 0 Å². The molecule has 1 rings (SSSR count). The fourth-order valence-electron chi connectivity index (χ4n) is 0.994. The SMILES string of the molecule is CCCCOC(=O)C1(CC)CO1. The molecule has 1 unspecified atom stereocenters. The van der Waals surface area contributed by atoms with E-state index in [1.807, 2.05) is 6.92 Å². The number of ether oxygens (including phenoxy) is 2. The van der Waals surface area contributed by atoms with Crippen molar-refractivity contribution in [3.63, 3.8) is 0 Å². The van der Waals surface area contributed by atoms with Crippen LogP contribution in [-0.4, -0.2) is 24.8 Å². The van der Waals surface area contributed by atoms with Crippen molar-refractivity contribution < 1.29 is 14.3 Å². The first-order valence-electron chi connectivity index (χ1n) is 4.56. The molecule has 3 heteroatoms. The Hall–Kier alpha value is -0.570. The van der Waals surface area contributed by atoms with Gasteiger partial charge in [-0.3, -0.25) is 0 Å². The average Bonchev–Trinajstić information content (AvgIpc) is 2.85. The zero-order valence-electron chi connectivity index (χ0n) is 7.76. The van der Waals surface area contributed by atoms with Gasteiger partial charge in [0.05, 0.1) is 13.2 Å². The van der Waals surface area contributed by atoms with Gasteiger partial charge in [-0.2, -0.15) is 0 Å².